The normalized spacial score (nSPS) is 19.2. The number of β-lactam (4-membered cyclic amide) rings is 1. The maximum absolute atomic E-state index is 13.0. The van der Waals surface area contributed by atoms with E-state index in [-0.39, 0.29) is 40.3 Å². The minimum atomic E-state index is -1.28. The van der Waals surface area contributed by atoms with Gasteiger partial charge in [0, 0.05) is 28.8 Å². The van der Waals surface area contributed by atoms with Crippen molar-refractivity contribution >= 4 is 68.7 Å². The van der Waals surface area contributed by atoms with Gasteiger partial charge in [0.1, 0.15) is 35.5 Å². The Morgan fingerprint density at radius 1 is 1.37 bits per heavy atom. The molecule has 5 rings (SSSR count). The quantitative estimate of drug-likeness (QED) is 0.127. The summed E-state index contributed by atoms with van der Waals surface area (Å²) in [6.07, 6.45) is 3.26. The molecule has 2 amide bonds. The fraction of sp³-hybridized carbons (Fsp3) is 0.227. The lowest BCUT2D eigenvalue weighted by Crippen LogP contribution is -2.71. The molecule has 2 aliphatic heterocycles. The van der Waals surface area contributed by atoms with Gasteiger partial charge in [0.2, 0.25) is 5.76 Å². The number of carbonyl (C=O) groups excluding carboxylic acids is 2. The molecular weight excluding hydrogens is 540 g/mol. The van der Waals surface area contributed by atoms with E-state index in [1.54, 1.807) is 23.0 Å². The van der Waals surface area contributed by atoms with E-state index in [1.807, 2.05) is 0 Å². The van der Waals surface area contributed by atoms with E-state index in [9.17, 15) is 24.3 Å². The van der Waals surface area contributed by atoms with Crippen molar-refractivity contribution in [2.75, 3.05) is 18.6 Å². The topological polar surface area (TPSA) is 202 Å². The number of hydrogen-bond donors (Lipinski definition) is 4. The number of pyridine rings is 1. The number of carbonyl (C=O) groups is 4. The van der Waals surface area contributed by atoms with E-state index in [0.717, 1.165) is 16.2 Å². The van der Waals surface area contributed by atoms with Gasteiger partial charge in [-0.25, -0.2) is 19.1 Å². The number of aromatic carboxylic acids is 1. The van der Waals surface area contributed by atoms with E-state index in [0.29, 0.717) is 16.5 Å². The van der Waals surface area contributed by atoms with Crippen molar-refractivity contribution in [1.29, 1.82) is 0 Å². The number of fused-ring (bicyclic) bond motifs is 2. The highest BCUT2D eigenvalue weighted by Gasteiger charge is 2.54. The first kappa shape index (κ1) is 25.2. The largest absolute Gasteiger partial charge is 0.477 e. The van der Waals surface area contributed by atoms with Crippen molar-refractivity contribution < 1.29 is 43.2 Å². The molecule has 14 nitrogen and oxygen atoms in total. The second-order valence-corrected chi connectivity index (χ2v) is 10.2. The summed E-state index contributed by atoms with van der Waals surface area (Å²) in [4.78, 5) is 59.2. The number of carboxylic acids is 2. The highest BCUT2D eigenvalue weighted by molar-refractivity contribution is 8.00. The Hall–Kier alpha value is -4.44. The number of nitrogens with one attached hydrogen (secondary N) is 1. The molecule has 0 aliphatic carbocycles. The molecule has 3 aromatic rings. The average molecular weight is 560 g/mol. The second-order valence-electron chi connectivity index (χ2n) is 8.16. The van der Waals surface area contributed by atoms with Crippen LogP contribution in [0.25, 0.3) is 11.0 Å². The van der Waals surface area contributed by atoms with Crippen molar-refractivity contribution in [3.63, 3.8) is 0 Å². The van der Waals surface area contributed by atoms with E-state index in [1.165, 1.54) is 30.3 Å². The molecule has 2 atom stereocenters. The predicted molar refractivity (Wildman–Crippen MR) is 133 cm³/mol. The fourth-order valence-corrected chi connectivity index (χ4v) is 6.05. The number of carboxylic acid groups (broad SMARTS) is 2. The van der Waals surface area contributed by atoms with Gasteiger partial charge in [-0.3, -0.25) is 14.5 Å². The fourth-order valence-electron chi connectivity index (χ4n) is 4.17. The van der Waals surface area contributed by atoms with Gasteiger partial charge >= 0.3 is 11.9 Å². The van der Waals surface area contributed by atoms with Gasteiger partial charge in [0.25, 0.3) is 11.8 Å². The van der Waals surface area contributed by atoms with E-state index in [2.05, 4.69) is 15.5 Å². The van der Waals surface area contributed by atoms with Crippen LogP contribution >= 0.6 is 23.1 Å². The van der Waals surface area contributed by atoms with Gasteiger partial charge in [-0.05, 0) is 0 Å². The van der Waals surface area contributed by atoms with Crippen LogP contribution in [0.4, 0.5) is 5.13 Å². The number of nitrogens with zero attached hydrogens (tertiary/aromatic N) is 4. The maximum atomic E-state index is 13.0. The zero-order valence-corrected chi connectivity index (χ0v) is 21.1. The van der Waals surface area contributed by atoms with Gasteiger partial charge in [-0.15, -0.1) is 23.1 Å². The van der Waals surface area contributed by atoms with Gasteiger partial charge in [0.05, 0.1) is 5.39 Å². The molecule has 0 spiro atoms. The summed E-state index contributed by atoms with van der Waals surface area (Å²) in [5, 5.41) is 27.0. The van der Waals surface area contributed by atoms with Crippen molar-refractivity contribution in [1.82, 2.24) is 15.2 Å². The van der Waals surface area contributed by atoms with E-state index in [4.69, 9.17) is 20.1 Å². The molecule has 0 radical (unpaired) electrons. The molecule has 1 unspecified atom stereocenters. The Kier molecular flexibility index (Phi) is 6.50. The Balaban J connectivity index is 1.36. The smallest absolute Gasteiger partial charge is 0.371 e. The molecule has 196 valence electrons. The summed E-state index contributed by atoms with van der Waals surface area (Å²) >= 11 is 2.41. The summed E-state index contributed by atoms with van der Waals surface area (Å²) in [5.41, 5.74) is 6.34. The van der Waals surface area contributed by atoms with Crippen LogP contribution in [0.3, 0.4) is 0 Å². The number of furan rings is 1. The Labute approximate surface area is 221 Å². The molecule has 38 heavy (non-hydrogen) atoms. The predicted octanol–water partition coefficient (Wildman–Crippen LogP) is 0.247. The number of nitrogens with two attached hydrogens (primary N) is 1. The molecule has 5 N–H and O–H groups in total. The number of thioether (sulfide) groups is 1. The van der Waals surface area contributed by atoms with Crippen LogP contribution in [0.1, 0.15) is 16.2 Å². The summed E-state index contributed by atoms with van der Waals surface area (Å²) in [7, 11) is 1.26. The molecular formula is C22H19N6O8S2+. The monoisotopic (exact) mass is 559 g/mol. The third-order valence-electron chi connectivity index (χ3n) is 5.80. The number of amides is 2. The summed E-state index contributed by atoms with van der Waals surface area (Å²) in [5.74, 6) is -3.71. The molecule has 3 aromatic heterocycles. The van der Waals surface area contributed by atoms with Crippen LogP contribution in [-0.2, 0) is 25.8 Å². The first-order chi connectivity index (χ1) is 18.2. The number of hydrogen-bond acceptors (Lipinski definition) is 11. The highest BCUT2D eigenvalue weighted by Crippen LogP contribution is 2.40. The number of oxime groups is 1. The van der Waals surface area contributed by atoms with Crippen molar-refractivity contribution in [2.45, 2.75) is 18.0 Å². The summed E-state index contributed by atoms with van der Waals surface area (Å²) in [6.45, 7) is 0.140. The Bertz CT molecular complexity index is 1560. The van der Waals surface area contributed by atoms with Crippen molar-refractivity contribution in [2.24, 2.45) is 5.16 Å². The molecule has 1 saturated heterocycles. The lowest BCUT2D eigenvalue weighted by Gasteiger charge is -2.49. The molecule has 0 aromatic carbocycles. The zero-order valence-electron chi connectivity index (χ0n) is 19.5. The Morgan fingerprint density at radius 2 is 2.16 bits per heavy atom. The van der Waals surface area contributed by atoms with Crippen LogP contribution in [-0.4, -0.2) is 73.8 Å². The average Bonchev–Trinajstić information content (AvgIpc) is 3.51. The van der Waals surface area contributed by atoms with Crippen LogP contribution in [0, 0.1) is 0 Å². The van der Waals surface area contributed by atoms with Gasteiger partial charge < -0.3 is 30.5 Å². The summed E-state index contributed by atoms with van der Waals surface area (Å²) in [6, 6.07) is 1.97. The first-order valence-corrected chi connectivity index (χ1v) is 12.8. The second kappa shape index (κ2) is 9.79. The number of nitrogen functional groups attached to an aromatic ring is 1. The van der Waals surface area contributed by atoms with Crippen molar-refractivity contribution in [3.05, 3.63) is 52.6 Å². The number of thiazole rings is 1. The zero-order chi connectivity index (χ0) is 27.1. The molecule has 0 saturated carbocycles. The van der Waals surface area contributed by atoms with Crippen LogP contribution in [0.5, 0.6) is 0 Å². The minimum Gasteiger partial charge on any atom is -0.477 e. The minimum absolute atomic E-state index is 0.140. The van der Waals surface area contributed by atoms with E-state index >= 15 is 0 Å². The molecule has 2 aliphatic rings. The molecule has 16 heteroatoms. The van der Waals surface area contributed by atoms with Crippen LogP contribution < -0.4 is 15.6 Å². The Morgan fingerprint density at radius 3 is 2.82 bits per heavy atom. The van der Waals surface area contributed by atoms with Crippen LogP contribution in [0.15, 0.2) is 50.7 Å². The first-order valence-electron chi connectivity index (χ1n) is 10.9. The number of rotatable bonds is 8. The van der Waals surface area contributed by atoms with E-state index < -0.39 is 35.2 Å². The van der Waals surface area contributed by atoms with Gasteiger partial charge in [-0.2, -0.15) is 0 Å². The number of aromatic nitrogens is 2. The van der Waals surface area contributed by atoms with Crippen LogP contribution in [0.2, 0.25) is 0 Å². The third-order valence-corrected chi connectivity index (χ3v) is 7.81. The standard InChI is InChI=1S/C22H18N6O8S2/c1-35-26-14(11-8-38-22(23)24-11)17(29)25-15-18(30)28-16(21(33)34)10(7-37-19(15)28)6-27-3-2-12-9(5-27)4-13(36-12)20(31)32/h2-5,8,15,19H,6-7H2,1H3,(H4-,23,24,25,29,31,32,33,34)/p+1/b26-14-/t15?,19-/m1/s1. The number of aliphatic carboxylic acids is 1. The molecule has 1 fully saturated rings. The number of anilines is 1. The maximum Gasteiger partial charge on any atom is 0.371 e. The lowest BCUT2D eigenvalue weighted by molar-refractivity contribution is -0.687. The lowest BCUT2D eigenvalue weighted by atomic mass is 10.0. The highest BCUT2D eigenvalue weighted by atomic mass is 32.2. The molecule has 0 bridgehead atoms. The SMILES string of the molecule is CO/N=C(\C(=O)NC1C(=O)N2C(C(=O)O)=C(C[n+]3ccc4oc(C(=O)O)cc4c3)CS[C@H]12)c1csc(N)n1. The van der Waals surface area contributed by atoms with Gasteiger partial charge in [-0.1, -0.05) is 5.16 Å². The molecule has 5 heterocycles. The third kappa shape index (κ3) is 4.43. The summed E-state index contributed by atoms with van der Waals surface area (Å²) < 4.78 is 6.94. The van der Waals surface area contributed by atoms with Crippen molar-refractivity contribution in [3.8, 4) is 0 Å². The van der Waals surface area contributed by atoms with Gasteiger partial charge in [0.15, 0.2) is 29.8 Å².